The lowest BCUT2D eigenvalue weighted by molar-refractivity contribution is -0.125. The molecule has 0 aromatic heterocycles. The quantitative estimate of drug-likeness (QED) is 0.436. The third-order valence-electron chi connectivity index (χ3n) is 5.34. The molecule has 3 N–H and O–H groups in total. The molecule has 3 rings (SSSR count). The highest BCUT2D eigenvalue weighted by molar-refractivity contribution is 6.32. The smallest absolute Gasteiger partial charge is 0.493 e. The van der Waals surface area contributed by atoms with E-state index in [4.69, 9.17) is 9.39 Å². The van der Waals surface area contributed by atoms with Crippen LogP contribution in [0.5, 0.6) is 5.75 Å². The van der Waals surface area contributed by atoms with Gasteiger partial charge in [0.2, 0.25) is 5.91 Å². The normalized spacial score (nSPS) is 16.6. The molecule has 1 aliphatic heterocycles. The van der Waals surface area contributed by atoms with Crippen molar-refractivity contribution >= 4 is 19.1 Å². The lowest BCUT2D eigenvalue weighted by atomic mass is 9.93. The molecule has 3 atom stereocenters. The Morgan fingerprint density at radius 2 is 1.87 bits per heavy atom. The molecule has 0 bridgehead atoms. The van der Waals surface area contributed by atoms with Crippen LogP contribution >= 0.6 is 0 Å². The van der Waals surface area contributed by atoms with Gasteiger partial charge in [0.05, 0.1) is 12.5 Å². The number of nitrogens with one attached hydrogen (secondary N) is 1. The lowest BCUT2D eigenvalue weighted by Crippen LogP contribution is -2.43. The van der Waals surface area contributed by atoms with E-state index in [0.29, 0.717) is 24.2 Å². The first-order valence-electron chi connectivity index (χ1n) is 10.1. The van der Waals surface area contributed by atoms with Gasteiger partial charge < -0.3 is 29.7 Å². The van der Waals surface area contributed by atoms with Crippen molar-refractivity contribution < 1.29 is 29.0 Å². The number of amides is 2. The summed E-state index contributed by atoms with van der Waals surface area (Å²) in [6.45, 7) is 2.10. The van der Waals surface area contributed by atoms with Gasteiger partial charge in [-0.25, -0.2) is 0 Å². The molecule has 0 saturated carbocycles. The van der Waals surface area contributed by atoms with Gasteiger partial charge >= 0.3 is 7.32 Å². The number of rotatable bonds is 8. The molecule has 0 aliphatic carbocycles. The topological polar surface area (TPSA) is 108 Å². The van der Waals surface area contributed by atoms with Crippen LogP contribution in [0.4, 0.5) is 0 Å². The predicted molar refractivity (Wildman–Crippen MR) is 115 cm³/mol. The number of hydrogen-bond donors (Lipinski definition) is 3. The van der Waals surface area contributed by atoms with E-state index in [-0.39, 0.29) is 11.8 Å². The van der Waals surface area contributed by atoms with Crippen LogP contribution in [0, 0.1) is 0 Å². The lowest BCUT2D eigenvalue weighted by Gasteiger charge is -2.25. The zero-order valence-corrected chi connectivity index (χ0v) is 17.8. The molecule has 31 heavy (non-hydrogen) atoms. The Labute approximate surface area is 182 Å². The van der Waals surface area contributed by atoms with Gasteiger partial charge in [0, 0.05) is 37.6 Å². The van der Waals surface area contributed by atoms with Crippen LogP contribution in [0.2, 0.25) is 0 Å². The summed E-state index contributed by atoms with van der Waals surface area (Å²) >= 11 is 0. The fourth-order valence-electron chi connectivity index (χ4n) is 3.71. The minimum absolute atomic E-state index is 0.0711. The molecule has 8 nitrogen and oxygen atoms in total. The van der Waals surface area contributed by atoms with Crippen molar-refractivity contribution in [3.05, 3.63) is 65.2 Å². The standard InChI is InChI=1S/C22H27BN2O6/c1-14(16-8-4-5-10-18(16)22(27)25(2)3)21(26)24-20(31-23(28)29)12-15-13-30-19-11-7-6-9-17(15)19/h4-11,14-15,20,28-29H,12-13H2,1-3H3,(H,24,26)/t14-,15+,20+/m0/s1. The van der Waals surface area contributed by atoms with E-state index in [2.05, 4.69) is 5.32 Å². The molecule has 2 amide bonds. The van der Waals surface area contributed by atoms with Crippen molar-refractivity contribution in [1.29, 1.82) is 0 Å². The maximum atomic E-state index is 13.0. The Morgan fingerprint density at radius 1 is 1.19 bits per heavy atom. The Hall–Kier alpha value is -2.88. The highest BCUT2D eigenvalue weighted by Crippen LogP contribution is 2.36. The van der Waals surface area contributed by atoms with Gasteiger partial charge in [-0.2, -0.15) is 0 Å². The average molecular weight is 426 g/mol. The van der Waals surface area contributed by atoms with Crippen LogP contribution in [0.15, 0.2) is 48.5 Å². The van der Waals surface area contributed by atoms with E-state index < -0.39 is 25.4 Å². The van der Waals surface area contributed by atoms with Crippen LogP contribution in [-0.4, -0.2) is 61.0 Å². The molecule has 0 unspecified atom stereocenters. The molecule has 9 heteroatoms. The number of para-hydroxylation sites is 1. The van der Waals surface area contributed by atoms with Crippen LogP contribution in [0.1, 0.15) is 46.7 Å². The molecule has 0 spiro atoms. The molecule has 0 radical (unpaired) electrons. The van der Waals surface area contributed by atoms with Crippen molar-refractivity contribution in [2.75, 3.05) is 20.7 Å². The average Bonchev–Trinajstić information content (AvgIpc) is 3.15. The first-order chi connectivity index (χ1) is 14.8. The van der Waals surface area contributed by atoms with Gasteiger partial charge in [0.25, 0.3) is 5.91 Å². The number of hydrogen-bond acceptors (Lipinski definition) is 6. The monoisotopic (exact) mass is 426 g/mol. The van der Waals surface area contributed by atoms with Crippen LogP contribution < -0.4 is 10.1 Å². The first kappa shape index (κ1) is 22.8. The minimum Gasteiger partial charge on any atom is -0.493 e. The van der Waals surface area contributed by atoms with Crippen molar-refractivity contribution in [3.63, 3.8) is 0 Å². The third kappa shape index (κ3) is 5.44. The number of fused-ring (bicyclic) bond motifs is 1. The summed E-state index contributed by atoms with van der Waals surface area (Å²) in [5.41, 5.74) is 2.00. The van der Waals surface area contributed by atoms with E-state index in [1.807, 2.05) is 24.3 Å². The Bertz CT molecular complexity index is 936. The van der Waals surface area contributed by atoms with Gasteiger partial charge in [-0.1, -0.05) is 36.4 Å². The molecular formula is C22H27BN2O6. The van der Waals surface area contributed by atoms with Crippen LogP contribution in [0.3, 0.4) is 0 Å². The molecule has 2 aromatic carbocycles. The summed E-state index contributed by atoms with van der Waals surface area (Å²) in [6.07, 6.45) is -0.655. The third-order valence-corrected chi connectivity index (χ3v) is 5.34. The molecule has 164 valence electrons. The summed E-state index contributed by atoms with van der Waals surface area (Å²) in [5.74, 6) is -0.552. The van der Waals surface area contributed by atoms with E-state index in [1.54, 1.807) is 45.3 Å². The zero-order chi connectivity index (χ0) is 22.5. The number of carbonyl (C=O) groups excluding carboxylic acids is 2. The zero-order valence-electron chi connectivity index (χ0n) is 17.8. The Morgan fingerprint density at radius 3 is 2.58 bits per heavy atom. The van der Waals surface area contributed by atoms with Gasteiger partial charge in [-0.3, -0.25) is 9.59 Å². The summed E-state index contributed by atoms with van der Waals surface area (Å²) < 4.78 is 10.8. The second kappa shape index (κ2) is 9.95. The number of nitrogens with zero attached hydrogens (tertiary/aromatic N) is 1. The van der Waals surface area contributed by atoms with Gasteiger partial charge in [-0.05, 0) is 24.6 Å². The van der Waals surface area contributed by atoms with Crippen molar-refractivity contribution in [2.45, 2.75) is 31.4 Å². The molecular weight excluding hydrogens is 399 g/mol. The van der Waals surface area contributed by atoms with Crippen molar-refractivity contribution in [2.24, 2.45) is 0 Å². The summed E-state index contributed by atoms with van der Waals surface area (Å²) in [6, 6.07) is 14.5. The summed E-state index contributed by atoms with van der Waals surface area (Å²) in [5, 5.41) is 21.4. The highest BCUT2D eigenvalue weighted by atomic mass is 16.6. The Balaban J connectivity index is 1.75. The van der Waals surface area contributed by atoms with E-state index >= 15 is 0 Å². The van der Waals surface area contributed by atoms with Crippen molar-refractivity contribution in [3.8, 4) is 5.75 Å². The minimum atomic E-state index is -2.04. The highest BCUT2D eigenvalue weighted by Gasteiger charge is 2.31. The fourth-order valence-corrected chi connectivity index (χ4v) is 3.71. The summed E-state index contributed by atoms with van der Waals surface area (Å²) in [4.78, 5) is 26.9. The fraction of sp³-hybridized carbons (Fsp3) is 0.364. The van der Waals surface area contributed by atoms with Crippen molar-refractivity contribution in [1.82, 2.24) is 10.2 Å². The van der Waals surface area contributed by atoms with E-state index in [1.165, 1.54) is 4.90 Å². The van der Waals surface area contributed by atoms with Gasteiger partial charge in [0.1, 0.15) is 12.0 Å². The van der Waals surface area contributed by atoms with Gasteiger partial charge in [-0.15, -0.1) is 0 Å². The number of carbonyl (C=O) groups is 2. The largest absolute Gasteiger partial charge is 0.635 e. The second-order valence-corrected chi connectivity index (χ2v) is 7.75. The van der Waals surface area contributed by atoms with Crippen LogP contribution in [0.25, 0.3) is 0 Å². The molecule has 1 heterocycles. The number of benzene rings is 2. The molecule has 2 aromatic rings. The predicted octanol–water partition coefficient (Wildman–Crippen LogP) is 1.49. The number of ether oxygens (including phenoxy) is 1. The summed E-state index contributed by atoms with van der Waals surface area (Å²) in [7, 11) is 1.26. The Kier molecular flexibility index (Phi) is 7.32. The molecule has 0 saturated heterocycles. The van der Waals surface area contributed by atoms with Gasteiger partial charge in [0.15, 0.2) is 0 Å². The van der Waals surface area contributed by atoms with Crippen LogP contribution in [-0.2, 0) is 9.45 Å². The second-order valence-electron chi connectivity index (χ2n) is 7.75. The van der Waals surface area contributed by atoms with E-state index in [9.17, 15) is 19.6 Å². The maximum absolute atomic E-state index is 13.0. The molecule has 0 fully saturated rings. The first-order valence-corrected chi connectivity index (χ1v) is 10.1. The SMILES string of the molecule is C[C@H](C(=O)N[C@@H](C[C@@H]1COc2ccccc21)OB(O)O)c1ccccc1C(=O)N(C)C. The maximum Gasteiger partial charge on any atom is 0.635 e. The van der Waals surface area contributed by atoms with E-state index in [0.717, 1.165) is 11.3 Å². The molecule has 1 aliphatic rings.